The maximum Gasteiger partial charge on any atom is 0.0214 e. The van der Waals surface area contributed by atoms with Crippen LogP contribution >= 0.6 is 0 Å². The van der Waals surface area contributed by atoms with Crippen molar-refractivity contribution in [2.24, 2.45) is 28.6 Å². The van der Waals surface area contributed by atoms with Gasteiger partial charge in [-0.2, -0.15) is 0 Å². The number of fused-ring (bicyclic) bond motifs is 1. The summed E-state index contributed by atoms with van der Waals surface area (Å²) in [6, 6.07) is 0. The zero-order chi connectivity index (χ0) is 23.7. The van der Waals surface area contributed by atoms with Crippen LogP contribution in [0.5, 0.6) is 0 Å². The number of hydrogen-bond acceptors (Lipinski definition) is 0. The van der Waals surface area contributed by atoms with E-state index >= 15 is 0 Å². The lowest BCUT2D eigenvalue weighted by molar-refractivity contribution is 0.134. The van der Waals surface area contributed by atoms with E-state index in [1.54, 1.807) is 5.57 Å². The van der Waals surface area contributed by atoms with Gasteiger partial charge in [-0.1, -0.05) is 144 Å². The van der Waals surface area contributed by atoms with Crippen molar-refractivity contribution < 1.29 is 0 Å². The highest BCUT2D eigenvalue weighted by molar-refractivity contribution is 5.43. The van der Waals surface area contributed by atoms with Crippen molar-refractivity contribution in [1.82, 2.24) is 0 Å². The summed E-state index contributed by atoms with van der Waals surface area (Å²) in [7, 11) is 0. The van der Waals surface area contributed by atoms with Crippen LogP contribution in [-0.2, 0) is 0 Å². The van der Waals surface area contributed by atoms with Gasteiger partial charge in [0.25, 0.3) is 0 Å². The van der Waals surface area contributed by atoms with Crippen LogP contribution in [0.25, 0.3) is 0 Å². The van der Waals surface area contributed by atoms with E-state index in [0.717, 1.165) is 18.3 Å². The van der Waals surface area contributed by atoms with E-state index in [0.29, 0.717) is 5.92 Å². The lowest BCUT2D eigenvalue weighted by Crippen LogP contribution is -2.39. The number of rotatable bonds is 9. The maximum absolute atomic E-state index is 2.57. The third-order valence-electron chi connectivity index (χ3n) is 7.85. The molecule has 2 aliphatic carbocycles. The Kier molecular flexibility index (Phi) is 19.2. The summed E-state index contributed by atoms with van der Waals surface area (Å²) in [5.41, 5.74) is 5.69. The van der Waals surface area contributed by atoms with Crippen molar-refractivity contribution in [3.8, 4) is 0 Å². The first-order valence-electron chi connectivity index (χ1n) is 13.5. The molecule has 202 valence electrons. The molecule has 0 aromatic rings. The fraction of sp³-hybridized carbons (Fsp3) is 0.765. The first-order valence-corrected chi connectivity index (χ1v) is 13.5. The Labute approximate surface area is 218 Å². The average molecular weight is 475 g/mol. The Morgan fingerprint density at radius 2 is 1.62 bits per heavy atom. The van der Waals surface area contributed by atoms with Crippen LogP contribution in [0.3, 0.4) is 0 Å². The molecule has 0 aromatic heterocycles. The summed E-state index contributed by atoms with van der Waals surface area (Å²) in [5, 5.41) is 0. The van der Waals surface area contributed by atoms with Gasteiger partial charge in [-0.15, -0.1) is 0 Å². The Balaban J connectivity index is -0.00000187. The fourth-order valence-electron chi connectivity index (χ4n) is 6.94. The Morgan fingerprint density at radius 3 is 2.12 bits per heavy atom. The highest BCUT2D eigenvalue weighted by atomic mass is 14.6. The molecule has 0 heteroatoms. The molecule has 0 spiro atoms. The molecule has 0 aliphatic heterocycles. The lowest BCUT2D eigenvalue weighted by Gasteiger charge is -2.47. The topological polar surface area (TPSA) is 0 Å². The monoisotopic (exact) mass is 475 g/mol. The molecule has 1 fully saturated rings. The molecule has 0 amide bonds. The third-order valence-corrected chi connectivity index (χ3v) is 7.85. The third kappa shape index (κ3) is 7.73. The highest BCUT2D eigenvalue weighted by Gasteiger charge is 2.55. The molecule has 0 N–H and O–H groups in total. The van der Waals surface area contributed by atoms with E-state index in [-0.39, 0.29) is 33.1 Å². The molecule has 0 bridgehead atoms. The SMILES string of the molecule is C.C.C.C/C=C\C(C)(C)/C=C\C(C)C1(/C(C)=C/CC)C(CC)=C(CCC)C2CCCCC21.CC. The molecular formula is C34H66. The van der Waals surface area contributed by atoms with Gasteiger partial charge in [0.2, 0.25) is 0 Å². The van der Waals surface area contributed by atoms with E-state index in [9.17, 15) is 0 Å². The number of allylic oxidation sites excluding steroid dienone is 8. The standard InChI is InChI=1S/C29H48.C2H6.3CH4/c1-9-15-22(5)29(23(6)19-21-28(7,8)20-11-3)26(12-4)24(16-10-2)25-17-13-14-18-27(25)29;1-2;;;/h11,15,19-21,23,25,27H,9-10,12-14,16-18H2,1-8H3;1-2H3;3*1H4/b20-11-,21-19-,22-15+;;;;. The first-order chi connectivity index (χ1) is 14.8. The minimum atomic E-state index is 0. The van der Waals surface area contributed by atoms with Crippen LogP contribution in [0.1, 0.15) is 143 Å². The molecule has 1 saturated carbocycles. The Morgan fingerprint density at radius 1 is 1.03 bits per heavy atom. The van der Waals surface area contributed by atoms with E-state index in [4.69, 9.17) is 0 Å². The zero-order valence-corrected chi connectivity index (χ0v) is 22.8. The van der Waals surface area contributed by atoms with Crippen LogP contribution in [0.15, 0.2) is 47.1 Å². The van der Waals surface area contributed by atoms with Gasteiger partial charge >= 0.3 is 0 Å². The van der Waals surface area contributed by atoms with Crippen molar-refractivity contribution in [2.45, 2.75) is 143 Å². The quantitative estimate of drug-likeness (QED) is 0.291. The van der Waals surface area contributed by atoms with Crippen LogP contribution in [0.2, 0.25) is 0 Å². The average Bonchev–Trinajstić information content (AvgIpc) is 3.04. The van der Waals surface area contributed by atoms with Crippen LogP contribution in [-0.4, -0.2) is 0 Å². The Hall–Kier alpha value is -1.04. The Bertz CT molecular complexity index is 654. The molecule has 0 nitrogen and oxygen atoms in total. The molecule has 34 heavy (non-hydrogen) atoms. The van der Waals surface area contributed by atoms with E-state index in [1.807, 2.05) is 25.0 Å². The normalized spacial score (nSPS) is 25.6. The van der Waals surface area contributed by atoms with Crippen LogP contribution in [0, 0.1) is 28.6 Å². The second-order valence-corrected chi connectivity index (χ2v) is 10.2. The van der Waals surface area contributed by atoms with Gasteiger partial charge in [0.1, 0.15) is 0 Å². The molecule has 0 radical (unpaired) electrons. The molecule has 0 aromatic carbocycles. The minimum absolute atomic E-state index is 0. The van der Waals surface area contributed by atoms with Crippen LogP contribution in [0.4, 0.5) is 0 Å². The van der Waals surface area contributed by atoms with Crippen molar-refractivity contribution in [2.75, 3.05) is 0 Å². The molecule has 2 aliphatic rings. The smallest absolute Gasteiger partial charge is 0.0214 e. The predicted octanol–water partition coefficient (Wildman–Crippen LogP) is 12.4. The van der Waals surface area contributed by atoms with Gasteiger partial charge in [0.15, 0.2) is 0 Å². The predicted molar refractivity (Wildman–Crippen MR) is 163 cm³/mol. The molecule has 4 unspecified atom stereocenters. The summed E-state index contributed by atoms with van der Waals surface area (Å²) >= 11 is 0. The first kappa shape index (κ1) is 37.5. The van der Waals surface area contributed by atoms with Crippen molar-refractivity contribution >= 4 is 0 Å². The molecule has 4 atom stereocenters. The van der Waals surface area contributed by atoms with E-state index in [1.165, 1.54) is 44.9 Å². The van der Waals surface area contributed by atoms with Crippen molar-refractivity contribution in [3.63, 3.8) is 0 Å². The minimum Gasteiger partial charge on any atom is -0.0908 e. The van der Waals surface area contributed by atoms with E-state index < -0.39 is 0 Å². The van der Waals surface area contributed by atoms with Gasteiger partial charge < -0.3 is 0 Å². The second kappa shape index (κ2) is 17.4. The summed E-state index contributed by atoms with van der Waals surface area (Å²) < 4.78 is 0. The van der Waals surface area contributed by atoms with Gasteiger partial charge in [-0.3, -0.25) is 0 Å². The molecule has 2 rings (SSSR count). The van der Waals surface area contributed by atoms with E-state index in [2.05, 4.69) is 85.8 Å². The second-order valence-electron chi connectivity index (χ2n) is 10.2. The summed E-state index contributed by atoms with van der Waals surface area (Å²) in [6.45, 7) is 22.9. The highest BCUT2D eigenvalue weighted by Crippen LogP contribution is 2.64. The van der Waals surface area contributed by atoms with Gasteiger partial charge in [0.05, 0.1) is 0 Å². The zero-order valence-electron chi connectivity index (χ0n) is 22.8. The molecule has 0 saturated heterocycles. The number of hydrogen-bond donors (Lipinski definition) is 0. The van der Waals surface area contributed by atoms with Gasteiger partial charge in [0, 0.05) is 10.8 Å². The largest absolute Gasteiger partial charge is 0.0908 e. The van der Waals surface area contributed by atoms with Crippen molar-refractivity contribution in [3.05, 3.63) is 47.1 Å². The van der Waals surface area contributed by atoms with Gasteiger partial charge in [-0.05, 0) is 63.7 Å². The maximum atomic E-state index is 2.57. The van der Waals surface area contributed by atoms with Crippen molar-refractivity contribution in [1.29, 1.82) is 0 Å². The van der Waals surface area contributed by atoms with Gasteiger partial charge in [-0.25, -0.2) is 0 Å². The fourth-order valence-corrected chi connectivity index (χ4v) is 6.94. The molecule has 0 heterocycles. The molecular weight excluding hydrogens is 408 g/mol. The summed E-state index contributed by atoms with van der Waals surface area (Å²) in [6.07, 6.45) is 22.7. The van der Waals surface area contributed by atoms with Crippen LogP contribution < -0.4 is 0 Å². The summed E-state index contributed by atoms with van der Waals surface area (Å²) in [5.74, 6) is 2.18. The summed E-state index contributed by atoms with van der Waals surface area (Å²) in [4.78, 5) is 0. The lowest BCUT2D eigenvalue weighted by atomic mass is 9.57.